The Morgan fingerprint density at radius 3 is 2.57 bits per heavy atom. The second kappa shape index (κ2) is 9.84. The number of benzene rings is 1. The van der Waals surface area contributed by atoms with E-state index >= 15 is 0 Å². The van der Waals surface area contributed by atoms with Gasteiger partial charge in [0.25, 0.3) is 5.91 Å². The first-order valence-corrected chi connectivity index (χ1v) is 10.9. The molecule has 0 spiro atoms. The number of aryl methyl sites for hydroxylation is 1. The normalized spacial score (nSPS) is 16.4. The number of ether oxygens (including phenoxy) is 1. The molecular formula is C20H28N2O5S. The quantitative estimate of drug-likeness (QED) is 0.501. The van der Waals surface area contributed by atoms with Gasteiger partial charge in [-0.1, -0.05) is 32.1 Å². The molecule has 1 N–H and O–H groups in total. The first-order valence-electron chi connectivity index (χ1n) is 9.50. The Bertz CT molecular complexity index is 844. The third-order valence-corrected chi connectivity index (χ3v) is 6.78. The molecule has 0 aromatic heterocycles. The fourth-order valence-electron chi connectivity index (χ4n) is 3.08. The zero-order valence-corrected chi connectivity index (χ0v) is 17.4. The molecule has 1 atom stereocenters. The van der Waals surface area contributed by atoms with Crippen LogP contribution in [0.25, 0.3) is 0 Å². The van der Waals surface area contributed by atoms with E-state index in [1.165, 1.54) is 16.4 Å². The number of carbonyl (C=O) groups is 2. The lowest BCUT2D eigenvalue weighted by molar-refractivity contribution is -0.147. The first kappa shape index (κ1) is 22.1. The second-order valence-electron chi connectivity index (χ2n) is 6.74. The molecule has 1 aromatic rings. The number of sulfonamides is 1. The minimum Gasteiger partial charge on any atom is -0.456 e. The number of esters is 1. The zero-order chi connectivity index (χ0) is 20.7. The van der Waals surface area contributed by atoms with Crippen molar-refractivity contribution in [2.24, 2.45) is 5.92 Å². The van der Waals surface area contributed by atoms with E-state index in [0.29, 0.717) is 24.3 Å². The number of amides is 1. The van der Waals surface area contributed by atoms with Gasteiger partial charge < -0.3 is 10.1 Å². The predicted octanol–water partition coefficient (Wildman–Crippen LogP) is 2.86. The van der Waals surface area contributed by atoms with Crippen molar-refractivity contribution in [2.75, 3.05) is 25.0 Å². The van der Waals surface area contributed by atoms with Gasteiger partial charge in [0.05, 0.1) is 11.3 Å². The SMILES string of the molecule is CCN(CC)S(=O)(=O)c1ccc(C)c(NC(=O)COC(=O)C[C@H]2C=CCC2)c1. The molecule has 0 saturated carbocycles. The molecule has 1 aliphatic rings. The fraction of sp³-hybridized carbons (Fsp3) is 0.500. The van der Waals surface area contributed by atoms with E-state index in [1.54, 1.807) is 26.8 Å². The fourth-order valence-corrected chi connectivity index (χ4v) is 4.56. The largest absolute Gasteiger partial charge is 0.456 e. The van der Waals surface area contributed by atoms with Crippen molar-refractivity contribution in [1.29, 1.82) is 0 Å². The lowest BCUT2D eigenvalue weighted by Gasteiger charge is -2.19. The predicted molar refractivity (Wildman–Crippen MR) is 107 cm³/mol. The number of anilines is 1. The molecular weight excluding hydrogens is 380 g/mol. The maximum absolute atomic E-state index is 12.7. The molecule has 1 amide bonds. The summed E-state index contributed by atoms with van der Waals surface area (Å²) in [7, 11) is -3.63. The van der Waals surface area contributed by atoms with Gasteiger partial charge in [0, 0.05) is 18.8 Å². The number of rotatable bonds is 9. The van der Waals surface area contributed by atoms with Gasteiger partial charge in [-0.15, -0.1) is 0 Å². The number of carbonyl (C=O) groups excluding carboxylic acids is 2. The average Bonchev–Trinajstić information content (AvgIpc) is 3.15. The van der Waals surface area contributed by atoms with Gasteiger partial charge in [0.1, 0.15) is 0 Å². The number of nitrogens with zero attached hydrogens (tertiary/aromatic N) is 1. The molecule has 0 bridgehead atoms. The van der Waals surface area contributed by atoms with Crippen molar-refractivity contribution < 1.29 is 22.7 Å². The Morgan fingerprint density at radius 1 is 1.25 bits per heavy atom. The molecule has 0 heterocycles. The molecule has 1 aliphatic carbocycles. The van der Waals surface area contributed by atoms with Crippen LogP contribution in [-0.2, 0) is 24.3 Å². The van der Waals surface area contributed by atoms with Gasteiger partial charge in [0.15, 0.2) is 6.61 Å². The Balaban J connectivity index is 2.00. The van der Waals surface area contributed by atoms with Crippen molar-refractivity contribution >= 4 is 27.6 Å². The average molecular weight is 409 g/mol. The molecule has 0 radical (unpaired) electrons. The molecule has 7 nitrogen and oxygen atoms in total. The zero-order valence-electron chi connectivity index (χ0n) is 16.6. The van der Waals surface area contributed by atoms with Crippen LogP contribution < -0.4 is 5.32 Å². The maximum Gasteiger partial charge on any atom is 0.306 e. The third kappa shape index (κ3) is 5.65. The van der Waals surface area contributed by atoms with Gasteiger partial charge in [-0.3, -0.25) is 9.59 Å². The van der Waals surface area contributed by atoms with E-state index in [0.717, 1.165) is 12.8 Å². The van der Waals surface area contributed by atoms with Crippen molar-refractivity contribution in [3.63, 3.8) is 0 Å². The van der Waals surface area contributed by atoms with Crippen LogP contribution in [0.2, 0.25) is 0 Å². The highest BCUT2D eigenvalue weighted by atomic mass is 32.2. The van der Waals surface area contributed by atoms with Gasteiger partial charge >= 0.3 is 5.97 Å². The van der Waals surface area contributed by atoms with Crippen LogP contribution in [-0.4, -0.2) is 44.3 Å². The Labute approximate surface area is 166 Å². The topological polar surface area (TPSA) is 92.8 Å². The van der Waals surface area contributed by atoms with Gasteiger partial charge in [0.2, 0.25) is 10.0 Å². The molecule has 0 fully saturated rings. The maximum atomic E-state index is 12.7. The molecule has 0 unspecified atom stereocenters. The Hall–Kier alpha value is -2.19. The highest BCUT2D eigenvalue weighted by Crippen LogP contribution is 2.23. The van der Waals surface area contributed by atoms with Gasteiger partial charge in [-0.25, -0.2) is 8.42 Å². The summed E-state index contributed by atoms with van der Waals surface area (Å²) in [5.74, 6) is -0.739. The summed E-state index contributed by atoms with van der Waals surface area (Å²) in [5.41, 5.74) is 1.10. The van der Waals surface area contributed by atoms with Crippen molar-refractivity contribution in [3.05, 3.63) is 35.9 Å². The monoisotopic (exact) mass is 408 g/mol. The first-order chi connectivity index (χ1) is 13.3. The molecule has 1 aromatic carbocycles. The third-order valence-electron chi connectivity index (χ3n) is 4.73. The van der Waals surface area contributed by atoms with E-state index in [1.807, 2.05) is 12.2 Å². The number of hydrogen-bond donors (Lipinski definition) is 1. The molecule has 28 heavy (non-hydrogen) atoms. The van der Waals surface area contributed by atoms with E-state index in [2.05, 4.69) is 5.32 Å². The number of allylic oxidation sites excluding steroid dienone is 2. The summed E-state index contributed by atoms with van der Waals surface area (Å²) in [5, 5.41) is 2.63. The number of hydrogen-bond acceptors (Lipinski definition) is 5. The molecule has 0 aliphatic heterocycles. The summed E-state index contributed by atoms with van der Waals surface area (Å²) < 4.78 is 31.7. The van der Waals surface area contributed by atoms with E-state index in [9.17, 15) is 18.0 Å². The second-order valence-corrected chi connectivity index (χ2v) is 8.68. The number of nitrogens with one attached hydrogen (secondary N) is 1. The summed E-state index contributed by atoms with van der Waals surface area (Å²) in [6, 6.07) is 4.60. The van der Waals surface area contributed by atoms with Crippen LogP contribution in [0.5, 0.6) is 0 Å². The summed E-state index contributed by atoms with van der Waals surface area (Å²) in [4.78, 5) is 24.1. The van der Waals surface area contributed by atoms with Crippen LogP contribution in [0.15, 0.2) is 35.2 Å². The lowest BCUT2D eigenvalue weighted by atomic mass is 10.1. The molecule has 154 valence electrons. The van der Waals surface area contributed by atoms with Crippen LogP contribution in [0.4, 0.5) is 5.69 Å². The highest BCUT2D eigenvalue weighted by molar-refractivity contribution is 7.89. The summed E-state index contributed by atoms with van der Waals surface area (Å²) >= 11 is 0. The standard InChI is InChI=1S/C20H28N2O5S/c1-4-22(5-2)28(25,26)17-11-10-15(3)18(13-17)21-19(23)14-27-20(24)12-16-8-6-7-9-16/h6,8,10-11,13,16H,4-5,7,9,12,14H2,1-3H3,(H,21,23)/t16-/m0/s1. The van der Waals surface area contributed by atoms with Crippen molar-refractivity contribution in [3.8, 4) is 0 Å². The Kier molecular flexibility index (Phi) is 7.77. The van der Waals surface area contributed by atoms with E-state index < -0.39 is 28.5 Å². The molecule has 8 heteroatoms. The van der Waals surface area contributed by atoms with E-state index in [-0.39, 0.29) is 17.2 Å². The Morgan fingerprint density at radius 2 is 1.96 bits per heavy atom. The van der Waals surface area contributed by atoms with Gasteiger partial charge in [-0.05, 0) is 43.4 Å². The summed E-state index contributed by atoms with van der Waals surface area (Å²) in [6.45, 7) is 5.63. The van der Waals surface area contributed by atoms with Crippen LogP contribution >= 0.6 is 0 Å². The lowest BCUT2D eigenvalue weighted by Crippen LogP contribution is -2.30. The van der Waals surface area contributed by atoms with Crippen molar-refractivity contribution in [2.45, 2.75) is 44.9 Å². The van der Waals surface area contributed by atoms with Crippen LogP contribution in [0.1, 0.15) is 38.7 Å². The van der Waals surface area contributed by atoms with Crippen LogP contribution in [0, 0.1) is 12.8 Å². The summed E-state index contributed by atoms with van der Waals surface area (Å²) in [6.07, 6.45) is 6.18. The highest BCUT2D eigenvalue weighted by Gasteiger charge is 2.23. The van der Waals surface area contributed by atoms with Crippen LogP contribution in [0.3, 0.4) is 0 Å². The minimum absolute atomic E-state index is 0.113. The molecule has 2 rings (SSSR count). The van der Waals surface area contributed by atoms with Gasteiger partial charge in [-0.2, -0.15) is 4.31 Å². The molecule has 0 saturated heterocycles. The smallest absolute Gasteiger partial charge is 0.306 e. The minimum atomic E-state index is -3.63. The van der Waals surface area contributed by atoms with Crippen molar-refractivity contribution in [1.82, 2.24) is 4.31 Å². The van der Waals surface area contributed by atoms with E-state index in [4.69, 9.17) is 4.74 Å².